The van der Waals surface area contributed by atoms with Crippen LogP contribution in [0.1, 0.15) is 45.7 Å². The number of carbonyl (C=O) groups excluding carboxylic acids is 1. The maximum absolute atomic E-state index is 12.4. The molecule has 0 spiro atoms. The van der Waals surface area contributed by atoms with E-state index in [1.807, 2.05) is 24.3 Å². The van der Waals surface area contributed by atoms with Crippen LogP contribution in [0, 0.1) is 0 Å². The smallest absolute Gasteiger partial charge is 0.185 e. The third-order valence-corrected chi connectivity index (χ3v) is 5.33. The Morgan fingerprint density at radius 3 is 1.62 bits per heavy atom. The Bertz CT molecular complexity index is 952. The Kier molecular flexibility index (Phi) is 9.67. The quantitative estimate of drug-likeness (QED) is 0.294. The Labute approximate surface area is 191 Å². The van der Waals surface area contributed by atoms with E-state index >= 15 is 0 Å². The van der Waals surface area contributed by atoms with Crippen LogP contribution in [0.4, 0.5) is 11.6 Å². The molecule has 0 atom stereocenters. The highest BCUT2D eigenvalue weighted by atomic mass is 16.3. The second kappa shape index (κ2) is 12.4. The number of anilines is 2. The van der Waals surface area contributed by atoms with Gasteiger partial charge < -0.3 is 14.9 Å². The second-order valence-corrected chi connectivity index (χ2v) is 7.29. The van der Waals surface area contributed by atoms with E-state index in [4.69, 9.17) is 0 Å². The van der Waals surface area contributed by atoms with Crippen molar-refractivity contribution in [1.82, 2.24) is 9.97 Å². The number of aliphatic hydroxyl groups is 1. The number of hydrogen-bond acceptors (Lipinski definition) is 6. The van der Waals surface area contributed by atoms with Crippen molar-refractivity contribution in [2.75, 3.05) is 36.0 Å². The van der Waals surface area contributed by atoms with Gasteiger partial charge in [0.25, 0.3) is 0 Å². The van der Waals surface area contributed by atoms with Gasteiger partial charge in [-0.1, -0.05) is 0 Å². The van der Waals surface area contributed by atoms with Gasteiger partial charge in [-0.2, -0.15) is 0 Å². The number of hydrogen-bond donors (Lipinski definition) is 1. The van der Waals surface area contributed by atoms with Crippen molar-refractivity contribution in [2.24, 2.45) is 0 Å². The van der Waals surface area contributed by atoms with E-state index < -0.39 is 0 Å². The van der Waals surface area contributed by atoms with Crippen LogP contribution in [0.2, 0.25) is 0 Å². The topological polar surface area (TPSA) is 69.6 Å². The molecule has 170 valence electrons. The van der Waals surface area contributed by atoms with Crippen LogP contribution >= 0.6 is 0 Å². The number of rotatable bonds is 11. The van der Waals surface area contributed by atoms with Crippen LogP contribution in [-0.2, 0) is 4.79 Å². The summed E-state index contributed by atoms with van der Waals surface area (Å²) in [5.74, 6) is 1.51. The zero-order valence-corrected chi connectivity index (χ0v) is 19.7. The molecule has 1 N–H and O–H groups in total. The van der Waals surface area contributed by atoms with Gasteiger partial charge in [0.05, 0.1) is 0 Å². The fraction of sp³-hybridized carbons (Fsp3) is 0.346. The van der Waals surface area contributed by atoms with Crippen molar-refractivity contribution in [2.45, 2.75) is 34.6 Å². The van der Waals surface area contributed by atoms with E-state index in [2.05, 4.69) is 47.5 Å². The number of ketones is 1. The molecule has 0 aliphatic rings. The van der Waals surface area contributed by atoms with Gasteiger partial charge in [-0.25, -0.2) is 9.97 Å². The SMILES string of the molecule is CCN(CC)c1ccc(/C=C/C(=O)/C(C)=C(O)/C=C/c2ccc(N(CC)CC)nc2)cn1. The number of allylic oxidation sites excluding steroid dienone is 3. The van der Waals surface area contributed by atoms with Crippen molar-refractivity contribution >= 4 is 29.6 Å². The first-order valence-corrected chi connectivity index (χ1v) is 11.2. The minimum absolute atomic E-state index is 0.0672. The van der Waals surface area contributed by atoms with E-state index in [-0.39, 0.29) is 17.1 Å². The van der Waals surface area contributed by atoms with Crippen molar-refractivity contribution in [3.8, 4) is 0 Å². The number of aliphatic hydroxyl groups excluding tert-OH is 1. The molecule has 6 heteroatoms. The minimum Gasteiger partial charge on any atom is -0.508 e. The molecule has 0 amide bonds. The lowest BCUT2D eigenvalue weighted by molar-refractivity contribution is -0.111. The zero-order chi connectivity index (χ0) is 23.5. The van der Waals surface area contributed by atoms with Crippen LogP contribution < -0.4 is 9.80 Å². The molecule has 0 aliphatic heterocycles. The molecule has 0 aromatic carbocycles. The maximum atomic E-state index is 12.4. The largest absolute Gasteiger partial charge is 0.508 e. The highest BCUT2D eigenvalue weighted by Crippen LogP contribution is 2.15. The van der Waals surface area contributed by atoms with Gasteiger partial charge in [0.1, 0.15) is 17.4 Å². The molecule has 2 aromatic rings. The summed E-state index contributed by atoms with van der Waals surface area (Å²) < 4.78 is 0. The summed E-state index contributed by atoms with van der Waals surface area (Å²) in [7, 11) is 0. The number of carbonyl (C=O) groups is 1. The standard InChI is InChI=1S/C26H34N4O2/c1-6-29(7-2)25-16-12-21(18-27-25)10-14-23(31)20(5)24(32)15-11-22-13-17-26(28-19-22)30(8-3)9-4/h10-19,31H,6-9H2,1-5H3/b14-10+,15-11+,23-20-. The summed E-state index contributed by atoms with van der Waals surface area (Å²) in [5.41, 5.74) is 1.96. The third-order valence-electron chi connectivity index (χ3n) is 5.33. The summed E-state index contributed by atoms with van der Waals surface area (Å²) in [6.45, 7) is 13.5. The predicted octanol–water partition coefficient (Wildman–Crippen LogP) is 5.30. The van der Waals surface area contributed by atoms with E-state index in [0.717, 1.165) is 48.9 Å². The first-order valence-electron chi connectivity index (χ1n) is 11.2. The number of aromatic nitrogens is 2. The number of pyridine rings is 2. The second-order valence-electron chi connectivity index (χ2n) is 7.29. The van der Waals surface area contributed by atoms with Gasteiger partial charge in [0, 0.05) is 44.1 Å². The average Bonchev–Trinajstić information content (AvgIpc) is 2.83. The summed E-state index contributed by atoms with van der Waals surface area (Å²) in [5, 5.41) is 10.3. The summed E-state index contributed by atoms with van der Waals surface area (Å²) in [4.78, 5) is 25.7. The molecule has 2 aromatic heterocycles. The monoisotopic (exact) mass is 434 g/mol. The first-order chi connectivity index (χ1) is 15.4. The van der Waals surface area contributed by atoms with Crippen LogP contribution in [0.15, 0.2) is 60.1 Å². The fourth-order valence-corrected chi connectivity index (χ4v) is 3.18. The molecular weight excluding hydrogens is 400 g/mol. The van der Waals surface area contributed by atoms with Crippen LogP contribution in [0.25, 0.3) is 12.2 Å². The predicted molar refractivity (Wildman–Crippen MR) is 134 cm³/mol. The van der Waals surface area contributed by atoms with E-state index in [0.29, 0.717) is 0 Å². The molecule has 0 unspecified atom stereocenters. The van der Waals surface area contributed by atoms with Gasteiger partial charge in [-0.15, -0.1) is 0 Å². The molecule has 0 saturated carbocycles. The van der Waals surface area contributed by atoms with E-state index in [1.54, 1.807) is 31.5 Å². The zero-order valence-electron chi connectivity index (χ0n) is 19.7. The lowest BCUT2D eigenvalue weighted by Gasteiger charge is -2.19. The van der Waals surface area contributed by atoms with Gasteiger partial charge in [-0.3, -0.25) is 4.79 Å². The van der Waals surface area contributed by atoms with Gasteiger partial charge >= 0.3 is 0 Å². The minimum atomic E-state index is -0.255. The molecule has 2 heterocycles. The maximum Gasteiger partial charge on any atom is 0.185 e. The Morgan fingerprint density at radius 2 is 1.25 bits per heavy atom. The Hall–Kier alpha value is -3.41. The third kappa shape index (κ3) is 6.80. The summed E-state index contributed by atoms with van der Waals surface area (Å²) >= 11 is 0. The lowest BCUT2D eigenvalue weighted by Crippen LogP contribution is -2.22. The molecule has 0 fully saturated rings. The van der Waals surface area contributed by atoms with Gasteiger partial charge in [0.2, 0.25) is 0 Å². The fourth-order valence-electron chi connectivity index (χ4n) is 3.18. The van der Waals surface area contributed by atoms with Gasteiger partial charge in [0.15, 0.2) is 5.78 Å². The van der Waals surface area contributed by atoms with Gasteiger partial charge in [-0.05, 0) is 94.3 Å². The van der Waals surface area contributed by atoms with Crippen molar-refractivity contribution in [1.29, 1.82) is 0 Å². The average molecular weight is 435 g/mol. The molecule has 0 aliphatic carbocycles. The lowest BCUT2D eigenvalue weighted by atomic mass is 10.1. The summed E-state index contributed by atoms with van der Waals surface area (Å²) in [6.07, 6.45) is 9.92. The molecule has 6 nitrogen and oxygen atoms in total. The highest BCUT2D eigenvalue weighted by molar-refractivity contribution is 6.06. The Balaban J connectivity index is 2.04. The summed E-state index contributed by atoms with van der Waals surface area (Å²) in [6, 6.07) is 7.77. The van der Waals surface area contributed by atoms with Crippen molar-refractivity contribution in [3.63, 3.8) is 0 Å². The molecule has 0 radical (unpaired) electrons. The van der Waals surface area contributed by atoms with Crippen LogP contribution in [-0.4, -0.2) is 47.0 Å². The van der Waals surface area contributed by atoms with E-state index in [1.165, 1.54) is 12.2 Å². The highest BCUT2D eigenvalue weighted by Gasteiger charge is 2.07. The molecule has 32 heavy (non-hydrogen) atoms. The van der Waals surface area contributed by atoms with Crippen LogP contribution in [0.5, 0.6) is 0 Å². The molecular formula is C26H34N4O2. The van der Waals surface area contributed by atoms with Crippen molar-refractivity contribution < 1.29 is 9.90 Å². The Morgan fingerprint density at radius 1 is 0.812 bits per heavy atom. The first kappa shape index (κ1) is 24.9. The number of nitrogens with zero attached hydrogens (tertiary/aromatic N) is 4. The normalized spacial score (nSPS) is 12.3. The van der Waals surface area contributed by atoms with Crippen LogP contribution in [0.3, 0.4) is 0 Å². The van der Waals surface area contributed by atoms with E-state index in [9.17, 15) is 9.90 Å². The molecule has 2 rings (SSSR count). The van der Waals surface area contributed by atoms with Crippen molar-refractivity contribution in [3.05, 3.63) is 71.3 Å². The molecule has 0 bridgehead atoms. The molecule has 0 saturated heterocycles.